The average Bonchev–Trinajstić information content (AvgIpc) is 3.00. The van der Waals surface area contributed by atoms with E-state index in [1.165, 1.54) is 6.26 Å². The number of benzene rings is 3. The average molecular weight is 485 g/mol. The highest BCUT2D eigenvalue weighted by Crippen LogP contribution is 2.38. The summed E-state index contributed by atoms with van der Waals surface area (Å²) in [6, 6.07) is 18.9. The van der Waals surface area contributed by atoms with E-state index in [4.69, 9.17) is 27.9 Å². The number of ether oxygens (including phenoxy) is 1. The molecule has 0 N–H and O–H groups in total. The van der Waals surface area contributed by atoms with Crippen molar-refractivity contribution in [3.63, 3.8) is 0 Å². The Balaban J connectivity index is 1.45. The van der Waals surface area contributed by atoms with E-state index in [1.807, 2.05) is 54.6 Å². The molecule has 32 heavy (non-hydrogen) atoms. The van der Waals surface area contributed by atoms with E-state index < -0.39 is 9.84 Å². The number of halogens is 2. The summed E-state index contributed by atoms with van der Waals surface area (Å²) in [5.41, 5.74) is 7.08. The zero-order valence-electron chi connectivity index (χ0n) is 17.6. The molecule has 0 amide bonds. The normalized spacial score (nSPS) is 14.6. The maximum atomic E-state index is 11.4. The van der Waals surface area contributed by atoms with Gasteiger partial charge < -0.3 is 4.74 Å². The first-order valence-electron chi connectivity index (χ1n) is 10.0. The lowest BCUT2D eigenvalue weighted by Gasteiger charge is -2.09. The third kappa shape index (κ3) is 5.63. The maximum absolute atomic E-state index is 11.4. The molecule has 0 unspecified atom stereocenters. The van der Waals surface area contributed by atoms with Crippen LogP contribution in [-0.2, 0) is 28.6 Å². The Labute approximate surface area is 198 Å². The largest absolute Gasteiger partial charge is 0.489 e. The van der Waals surface area contributed by atoms with Crippen molar-refractivity contribution in [3.8, 4) is 5.75 Å². The van der Waals surface area contributed by atoms with Gasteiger partial charge in [0, 0.05) is 16.3 Å². The number of hydrogen-bond acceptors (Lipinski definition) is 3. The van der Waals surface area contributed by atoms with Crippen LogP contribution in [0.4, 0.5) is 0 Å². The molecule has 0 saturated heterocycles. The number of fused-ring (bicyclic) bond motifs is 1. The summed E-state index contributed by atoms with van der Waals surface area (Å²) in [5.74, 6) is 0.823. The van der Waals surface area contributed by atoms with Crippen molar-refractivity contribution < 1.29 is 13.2 Å². The highest BCUT2D eigenvalue weighted by molar-refractivity contribution is 7.89. The number of hydrogen-bond donors (Lipinski definition) is 0. The molecular formula is C26H22Cl2O3S. The van der Waals surface area contributed by atoms with E-state index in [0.717, 1.165) is 51.1 Å². The SMILES string of the molecule is C=C1/C(=C/c2cc(Cl)cc(Cl)c2)Cc2cc(OCc3ccc(CS(C)(=O)=O)cc3)ccc21. The Kier molecular flexibility index (Phi) is 6.47. The standard InChI is InChI=1S/C26H22Cl2O3S/c1-17-21(9-20-10-23(27)14-24(28)11-20)12-22-13-25(7-8-26(17)22)31-15-18-3-5-19(6-4-18)16-32(2,29)30/h3-11,13-14H,1,12,15-16H2,2H3/b21-9+. The first kappa shape index (κ1) is 22.7. The van der Waals surface area contributed by atoms with Crippen molar-refractivity contribution in [1.82, 2.24) is 0 Å². The van der Waals surface area contributed by atoms with Crippen LogP contribution in [-0.4, -0.2) is 14.7 Å². The third-order valence-corrected chi connectivity index (χ3v) is 6.55. The van der Waals surface area contributed by atoms with Crippen molar-refractivity contribution >= 4 is 44.7 Å². The van der Waals surface area contributed by atoms with Crippen molar-refractivity contribution in [3.05, 3.63) is 111 Å². The van der Waals surface area contributed by atoms with Gasteiger partial charge in [-0.2, -0.15) is 0 Å². The fourth-order valence-corrected chi connectivity index (χ4v) is 5.13. The van der Waals surface area contributed by atoms with Gasteiger partial charge in [0.25, 0.3) is 0 Å². The van der Waals surface area contributed by atoms with Crippen molar-refractivity contribution in [2.45, 2.75) is 18.8 Å². The monoisotopic (exact) mass is 484 g/mol. The van der Waals surface area contributed by atoms with Gasteiger partial charge in [0.1, 0.15) is 12.4 Å². The van der Waals surface area contributed by atoms with Gasteiger partial charge >= 0.3 is 0 Å². The molecule has 6 heteroatoms. The predicted octanol–water partition coefficient (Wildman–Crippen LogP) is 6.77. The Morgan fingerprint density at radius 3 is 2.28 bits per heavy atom. The van der Waals surface area contributed by atoms with Crippen molar-refractivity contribution in [2.75, 3.05) is 6.26 Å². The quantitative estimate of drug-likeness (QED) is 0.387. The molecule has 0 spiro atoms. The van der Waals surface area contributed by atoms with Gasteiger partial charge in [0.2, 0.25) is 0 Å². The molecule has 164 valence electrons. The summed E-state index contributed by atoms with van der Waals surface area (Å²) >= 11 is 12.2. The first-order valence-corrected chi connectivity index (χ1v) is 12.9. The van der Waals surface area contributed by atoms with Crippen LogP contribution in [0.25, 0.3) is 11.6 Å². The van der Waals surface area contributed by atoms with E-state index in [0.29, 0.717) is 16.7 Å². The Bertz CT molecular complexity index is 1300. The predicted molar refractivity (Wildman–Crippen MR) is 133 cm³/mol. The fraction of sp³-hybridized carbons (Fsp3) is 0.154. The lowest BCUT2D eigenvalue weighted by Crippen LogP contribution is -2.01. The second-order valence-corrected chi connectivity index (χ2v) is 11.0. The van der Waals surface area contributed by atoms with Gasteiger partial charge in [0.15, 0.2) is 9.84 Å². The minimum atomic E-state index is -3.04. The molecule has 0 aromatic heterocycles. The molecule has 0 fully saturated rings. The molecule has 0 radical (unpaired) electrons. The second kappa shape index (κ2) is 9.14. The van der Waals surface area contributed by atoms with Crippen LogP contribution in [0.1, 0.15) is 27.8 Å². The van der Waals surface area contributed by atoms with Gasteiger partial charge in [-0.05, 0) is 75.7 Å². The molecule has 1 aliphatic carbocycles. The minimum absolute atomic E-state index is 0.0418. The summed E-state index contributed by atoms with van der Waals surface area (Å²) in [6.45, 7) is 4.66. The lowest BCUT2D eigenvalue weighted by atomic mass is 10.0. The van der Waals surface area contributed by atoms with E-state index in [1.54, 1.807) is 6.07 Å². The van der Waals surface area contributed by atoms with E-state index in [2.05, 4.69) is 12.7 Å². The third-order valence-electron chi connectivity index (χ3n) is 5.25. The molecule has 4 rings (SSSR count). The molecule has 3 aromatic rings. The minimum Gasteiger partial charge on any atom is -0.489 e. The van der Waals surface area contributed by atoms with E-state index >= 15 is 0 Å². The summed E-state index contributed by atoms with van der Waals surface area (Å²) in [6.07, 6.45) is 4.06. The zero-order chi connectivity index (χ0) is 22.9. The molecule has 1 aliphatic rings. The van der Waals surface area contributed by atoms with Crippen LogP contribution in [0.5, 0.6) is 5.75 Å². The van der Waals surface area contributed by atoms with Gasteiger partial charge in [0.05, 0.1) is 5.75 Å². The first-order chi connectivity index (χ1) is 15.2. The smallest absolute Gasteiger partial charge is 0.151 e. The molecule has 3 aromatic carbocycles. The number of allylic oxidation sites excluding steroid dienone is 2. The fourth-order valence-electron chi connectivity index (χ4n) is 3.78. The van der Waals surface area contributed by atoms with Crippen LogP contribution in [0.2, 0.25) is 10.0 Å². The summed E-state index contributed by atoms with van der Waals surface area (Å²) < 4.78 is 28.8. The molecule has 0 aliphatic heterocycles. The highest BCUT2D eigenvalue weighted by atomic mass is 35.5. The second-order valence-electron chi connectivity index (χ2n) is 8.02. The van der Waals surface area contributed by atoms with Crippen LogP contribution in [0.3, 0.4) is 0 Å². The Morgan fingerprint density at radius 2 is 1.62 bits per heavy atom. The molecule has 0 saturated carbocycles. The molecule has 0 heterocycles. The van der Waals surface area contributed by atoms with Crippen LogP contribution < -0.4 is 4.74 Å². The summed E-state index contributed by atoms with van der Waals surface area (Å²) in [7, 11) is -3.04. The van der Waals surface area contributed by atoms with Crippen LogP contribution in [0, 0.1) is 0 Å². The van der Waals surface area contributed by atoms with Crippen LogP contribution in [0.15, 0.2) is 72.8 Å². The van der Waals surface area contributed by atoms with E-state index in [9.17, 15) is 8.42 Å². The molecule has 0 bridgehead atoms. The Hall–Kier alpha value is -2.53. The number of sulfone groups is 1. The van der Waals surface area contributed by atoms with E-state index in [-0.39, 0.29) is 5.75 Å². The van der Waals surface area contributed by atoms with Crippen LogP contribution >= 0.6 is 23.2 Å². The molecule has 3 nitrogen and oxygen atoms in total. The molecular weight excluding hydrogens is 463 g/mol. The molecule has 0 atom stereocenters. The zero-order valence-corrected chi connectivity index (χ0v) is 19.9. The van der Waals surface area contributed by atoms with Gasteiger partial charge in [-0.3, -0.25) is 0 Å². The summed E-state index contributed by atoms with van der Waals surface area (Å²) in [5, 5.41) is 1.20. The topological polar surface area (TPSA) is 43.4 Å². The highest BCUT2D eigenvalue weighted by Gasteiger charge is 2.20. The lowest BCUT2D eigenvalue weighted by molar-refractivity contribution is 0.306. The van der Waals surface area contributed by atoms with Crippen molar-refractivity contribution in [2.24, 2.45) is 0 Å². The summed E-state index contributed by atoms with van der Waals surface area (Å²) in [4.78, 5) is 0. The van der Waals surface area contributed by atoms with Gasteiger partial charge in [-0.25, -0.2) is 8.42 Å². The van der Waals surface area contributed by atoms with Gasteiger partial charge in [-0.1, -0.05) is 66.2 Å². The maximum Gasteiger partial charge on any atom is 0.151 e. The Morgan fingerprint density at radius 1 is 0.969 bits per heavy atom. The van der Waals surface area contributed by atoms with Gasteiger partial charge in [-0.15, -0.1) is 0 Å². The number of rotatable bonds is 6. The van der Waals surface area contributed by atoms with Crippen molar-refractivity contribution in [1.29, 1.82) is 0 Å².